The molecule has 0 bridgehead atoms. The lowest BCUT2D eigenvalue weighted by molar-refractivity contribution is 0.0944. The Hall–Kier alpha value is -1.32. The van der Waals surface area contributed by atoms with Crippen LogP contribution in [0.4, 0.5) is 0 Å². The average Bonchev–Trinajstić information content (AvgIpc) is 2.82. The Morgan fingerprint density at radius 3 is 2.71 bits per heavy atom. The van der Waals surface area contributed by atoms with Crippen molar-refractivity contribution in [1.29, 1.82) is 0 Å². The maximum atomic E-state index is 11.9. The lowest BCUT2D eigenvalue weighted by atomic mass is 10.1. The number of carbonyl (C=O) groups excluding carboxylic acids is 1. The Morgan fingerprint density at radius 1 is 1.29 bits per heavy atom. The largest absolute Gasteiger partial charge is 0.345 e. The van der Waals surface area contributed by atoms with E-state index in [0.717, 1.165) is 5.56 Å². The van der Waals surface area contributed by atoms with Crippen molar-refractivity contribution in [3.05, 3.63) is 57.2 Å². The zero-order valence-electron chi connectivity index (χ0n) is 9.31. The third-order valence-electron chi connectivity index (χ3n) is 2.46. The van der Waals surface area contributed by atoms with E-state index in [2.05, 4.69) is 5.32 Å². The highest BCUT2D eigenvalue weighted by Gasteiger charge is 2.13. The summed E-state index contributed by atoms with van der Waals surface area (Å²) in [6, 6.07) is 11.1. The fourth-order valence-electron chi connectivity index (χ4n) is 1.58. The third kappa shape index (κ3) is 2.87. The predicted molar refractivity (Wildman–Crippen MR) is 71.7 cm³/mol. The van der Waals surface area contributed by atoms with Gasteiger partial charge < -0.3 is 5.32 Å². The van der Waals surface area contributed by atoms with Crippen LogP contribution in [0.1, 0.15) is 28.2 Å². The van der Waals surface area contributed by atoms with E-state index < -0.39 is 0 Å². The van der Waals surface area contributed by atoms with Gasteiger partial charge >= 0.3 is 0 Å². The third-order valence-corrected chi connectivity index (χ3v) is 3.68. The molecule has 2 nitrogen and oxygen atoms in total. The minimum Gasteiger partial charge on any atom is -0.345 e. The lowest BCUT2D eigenvalue weighted by Crippen LogP contribution is -2.26. The Bertz CT molecular complexity index is 510. The first kappa shape index (κ1) is 12.1. The molecule has 1 aromatic carbocycles. The molecular formula is C13H12ClNOS. The number of hydrogen-bond acceptors (Lipinski definition) is 2. The van der Waals surface area contributed by atoms with E-state index >= 15 is 0 Å². The molecule has 0 aliphatic rings. The monoisotopic (exact) mass is 265 g/mol. The molecule has 4 heteroatoms. The number of amides is 1. The number of halogens is 1. The zero-order chi connectivity index (χ0) is 12.3. The second kappa shape index (κ2) is 5.34. The van der Waals surface area contributed by atoms with Gasteiger partial charge in [-0.05, 0) is 30.0 Å². The topological polar surface area (TPSA) is 29.1 Å². The highest BCUT2D eigenvalue weighted by molar-refractivity contribution is 7.12. The highest BCUT2D eigenvalue weighted by atomic mass is 35.5. The Balaban J connectivity index is 2.10. The number of rotatable bonds is 3. The molecule has 2 rings (SSSR count). The normalized spacial score (nSPS) is 12.1. The number of nitrogens with one attached hydrogen (secondary N) is 1. The number of hydrogen-bond donors (Lipinski definition) is 1. The van der Waals surface area contributed by atoms with Crippen LogP contribution in [0, 0.1) is 0 Å². The molecule has 2 aromatic rings. The molecule has 1 unspecified atom stereocenters. The summed E-state index contributed by atoms with van der Waals surface area (Å²) in [5.74, 6) is -0.0626. The Kier molecular flexibility index (Phi) is 3.82. The minimum atomic E-state index is -0.0988. The molecule has 0 fully saturated rings. The summed E-state index contributed by atoms with van der Waals surface area (Å²) in [7, 11) is 0. The van der Waals surface area contributed by atoms with Gasteiger partial charge in [-0.15, -0.1) is 11.3 Å². The Labute approximate surface area is 109 Å². The smallest absolute Gasteiger partial charge is 0.261 e. The molecule has 1 heterocycles. The standard InChI is InChI=1S/C13H12ClNOS/c1-9(10-5-2-3-6-11(10)14)15-13(16)12-7-4-8-17-12/h2-9H,1H3,(H,15,16). The first-order chi connectivity index (χ1) is 8.18. The summed E-state index contributed by atoms with van der Waals surface area (Å²) in [4.78, 5) is 12.6. The second-order valence-corrected chi connectivity index (χ2v) is 5.05. The highest BCUT2D eigenvalue weighted by Crippen LogP contribution is 2.22. The van der Waals surface area contributed by atoms with E-state index in [4.69, 9.17) is 11.6 Å². The van der Waals surface area contributed by atoms with Crippen molar-refractivity contribution in [1.82, 2.24) is 5.32 Å². The molecule has 1 N–H and O–H groups in total. The van der Waals surface area contributed by atoms with Crippen LogP contribution in [0.5, 0.6) is 0 Å². The number of carbonyl (C=O) groups is 1. The second-order valence-electron chi connectivity index (χ2n) is 3.69. The minimum absolute atomic E-state index is 0.0626. The van der Waals surface area contributed by atoms with E-state index in [-0.39, 0.29) is 11.9 Å². The van der Waals surface area contributed by atoms with E-state index in [1.165, 1.54) is 11.3 Å². The molecule has 0 aliphatic carbocycles. The zero-order valence-corrected chi connectivity index (χ0v) is 10.9. The summed E-state index contributed by atoms with van der Waals surface area (Å²) in [5.41, 5.74) is 0.930. The van der Waals surface area contributed by atoms with Gasteiger partial charge in [0.15, 0.2) is 0 Å². The van der Waals surface area contributed by atoms with Gasteiger partial charge in [0, 0.05) is 5.02 Å². The predicted octanol–water partition coefficient (Wildman–Crippen LogP) is 3.89. The molecule has 0 spiro atoms. The van der Waals surface area contributed by atoms with Crippen LogP contribution in [0.2, 0.25) is 5.02 Å². The summed E-state index contributed by atoms with van der Waals surface area (Å²) in [6.45, 7) is 1.92. The van der Waals surface area contributed by atoms with Crippen LogP contribution in [-0.2, 0) is 0 Å². The summed E-state index contributed by atoms with van der Waals surface area (Å²) in [6.07, 6.45) is 0. The number of thiophene rings is 1. The van der Waals surface area contributed by atoms with Gasteiger partial charge in [0.05, 0.1) is 10.9 Å². The maximum absolute atomic E-state index is 11.9. The first-order valence-corrected chi connectivity index (χ1v) is 6.53. The van der Waals surface area contributed by atoms with Gasteiger partial charge in [0.2, 0.25) is 0 Å². The van der Waals surface area contributed by atoms with Crippen molar-refractivity contribution in [2.45, 2.75) is 13.0 Å². The van der Waals surface area contributed by atoms with Gasteiger partial charge in [0.25, 0.3) is 5.91 Å². The molecule has 0 radical (unpaired) electrons. The summed E-state index contributed by atoms with van der Waals surface area (Å²) in [5, 5.41) is 5.48. The van der Waals surface area contributed by atoms with E-state index in [9.17, 15) is 4.79 Å². The van der Waals surface area contributed by atoms with Crippen LogP contribution in [-0.4, -0.2) is 5.91 Å². The van der Waals surface area contributed by atoms with Crippen molar-refractivity contribution in [2.75, 3.05) is 0 Å². The van der Waals surface area contributed by atoms with Crippen LogP contribution in [0.15, 0.2) is 41.8 Å². The number of benzene rings is 1. The summed E-state index contributed by atoms with van der Waals surface area (Å²) < 4.78 is 0. The van der Waals surface area contributed by atoms with Gasteiger partial charge in [-0.3, -0.25) is 4.79 Å². The van der Waals surface area contributed by atoms with Gasteiger partial charge in [-0.2, -0.15) is 0 Å². The molecule has 0 aliphatic heterocycles. The fraction of sp³-hybridized carbons (Fsp3) is 0.154. The van der Waals surface area contributed by atoms with Crippen molar-refractivity contribution in [2.24, 2.45) is 0 Å². The molecular weight excluding hydrogens is 254 g/mol. The maximum Gasteiger partial charge on any atom is 0.261 e. The van der Waals surface area contributed by atoms with Gasteiger partial charge in [0.1, 0.15) is 0 Å². The van der Waals surface area contributed by atoms with Crippen molar-refractivity contribution >= 4 is 28.8 Å². The van der Waals surface area contributed by atoms with E-state index in [0.29, 0.717) is 9.90 Å². The van der Waals surface area contributed by atoms with Crippen molar-refractivity contribution in [3.8, 4) is 0 Å². The van der Waals surface area contributed by atoms with E-state index in [1.807, 2.05) is 42.6 Å². The summed E-state index contributed by atoms with van der Waals surface area (Å²) >= 11 is 7.51. The Morgan fingerprint density at radius 2 is 2.06 bits per heavy atom. The average molecular weight is 266 g/mol. The van der Waals surface area contributed by atoms with Gasteiger partial charge in [-0.1, -0.05) is 35.9 Å². The van der Waals surface area contributed by atoms with Crippen molar-refractivity contribution < 1.29 is 4.79 Å². The first-order valence-electron chi connectivity index (χ1n) is 5.27. The molecule has 1 aromatic heterocycles. The lowest BCUT2D eigenvalue weighted by Gasteiger charge is -2.14. The van der Waals surface area contributed by atoms with Gasteiger partial charge in [-0.25, -0.2) is 0 Å². The molecule has 1 atom stereocenters. The van der Waals surface area contributed by atoms with Crippen LogP contribution in [0.3, 0.4) is 0 Å². The van der Waals surface area contributed by atoms with Crippen LogP contribution in [0.25, 0.3) is 0 Å². The fourth-order valence-corrected chi connectivity index (χ4v) is 2.51. The molecule has 17 heavy (non-hydrogen) atoms. The van der Waals surface area contributed by atoms with Crippen LogP contribution >= 0.6 is 22.9 Å². The van der Waals surface area contributed by atoms with Crippen molar-refractivity contribution in [3.63, 3.8) is 0 Å². The van der Waals surface area contributed by atoms with E-state index in [1.54, 1.807) is 6.07 Å². The molecule has 0 saturated carbocycles. The van der Waals surface area contributed by atoms with Crippen LogP contribution < -0.4 is 5.32 Å². The molecule has 88 valence electrons. The quantitative estimate of drug-likeness (QED) is 0.896. The molecule has 1 amide bonds. The SMILES string of the molecule is CC(NC(=O)c1cccs1)c1ccccc1Cl. The molecule has 0 saturated heterocycles.